The van der Waals surface area contributed by atoms with Crippen LogP contribution in [0.5, 0.6) is 0 Å². The van der Waals surface area contributed by atoms with Gasteiger partial charge in [0.25, 0.3) is 0 Å². The molecular formula is C39H34FN3O2. The van der Waals surface area contributed by atoms with E-state index in [0.29, 0.717) is 25.1 Å². The smallest absolute Gasteiger partial charge is 0.247 e. The minimum atomic E-state index is -0.752. The van der Waals surface area contributed by atoms with Crippen molar-refractivity contribution in [2.45, 2.75) is 32.0 Å². The van der Waals surface area contributed by atoms with Crippen LogP contribution in [0.15, 0.2) is 134 Å². The molecule has 6 rings (SSSR count). The number of amides is 2. The zero-order valence-corrected chi connectivity index (χ0v) is 24.9. The third-order valence-corrected chi connectivity index (χ3v) is 8.19. The fraction of sp³-hybridized carbons (Fsp3) is 0.154. The van der Waals surface area contributed by atoms with E-state index in [1.807, 2.05) is 89.8 Å². The number of carbonyl (C=O) groups is 2. The van der Waals surface area contributed by atoms with Crippen LogP contribution in [0.1, 0.15) is 27.8 Å². The molecule has 1 aliphatic heterocycles. The lowest BCUT2D eigenvalue weighted by atomic mass is 9.97. The number of rotatable bonds is 9. The SMILES string of the molecule is O=C([C@H](Cc1ccccc1)N(Cc1ccc(-c2ccccn2)cc1)C(=O)/C=C/c1cccc(F)c1)N1CCc2ccccc2C1. The maximum absolute atomic E-state index is 14.5. The lowest BCUT2D eigenvalue weighted by Crippen LogP contribution is -2.52. The van der Waals surface area contributed by atoms with E-state index in [-0.39, 0.29) is 24.2 Å². The standard InChI is InChI=1S/C39H34FN3O2/c40-35-14-8-11-30(25-35)18-21-38(44)43(27-31-16-19-33(20-17-31)36-15-6-7-23-41-36)37(26-29-9-2-1-3-10-29)39(45)42-24-22-32-12-4-5-13-34(32)28-42/h1-21,23,25,37H,22,24,26-28H2/b21-18+/t37-/m0/s1. The number of fused-ring (bicyclic) bond motifs is 1. The van der Waals surface area contributed by atoms with Crippen LogP contribution in [0.2, 0.25) is 0 Å². The van der Waals surface area contributed by atoms with Crippen molar-refractivity contribution in [3.8, 4) is 11.3 Å². The maximum Gasteiger partial charge on any atom is 0.247 e. The summed E-state index contributed by atoms with van der Waals surface area (Å²) in [6.07, 6.45) is 5.93. The molecule has 1 atom stereocenters. The molecule has 0 fully saturated rings. The van der Waals surface area contributed by atoms with E-state index in [4.69, 9.17) is 0 Å². The Balaban J connectivity index is 1.34. The quantitative estimate of drug-likeness (QED) is 0.171. The van der Waals surface area contributed by atoms with Crippen LogP contribution < -0.4 is 0 Å². The first-order valence-electron chi connectivity index (χ1n) is 15.2. The summed E-state index contributed by atoms with van der Waals surface area (Å²) >= 11 is 0. The third-order valence-electron chi connectivity index (χ3n) is 8.19. The Morgan fingerprint density at radius 3 is 2.33 bits per heavy atom. The van der Waals surface area contributed by atoms with E-state index in [9.17, 15) is 14.0 Å². The van der Waals surface area contributed by atoms with Crippen LogP contribution in [0.3, 0.4) is 0 Å². The van der Waals surface area contributed by atoms with Crippen molar-refractivity contribution in [2.24, 2.45) is 0 Å². The Bertz CT molecular complexity index is 1790. The number of hydrogen-bond acceptors (Lipinski definition) is 3. The monoisotopic (exact) mass is 595 g/mol. The van der Waals surface area contributed by atoms with Crippen molar-refractivity contribution in [1.29, 1.82) is 0 Å². The lowest BCUT2D eigenvalue weighted by molar-refractivity contribution is -0.144. The molecule has 0 radical (unpaired) electrons. The number of hydrogen-bond donors (Lipinski definition) is 0. The molecule has 5 nitrogen and oxygen atoms in total. The van der Waals surface area contributed by atoms with Crippen LogP contribution in [0.25, 0.3) is 17.3 Å². The molecule has 0 saturated carbocycles. The zero-order chi connectivity index (χ0) is 31.0. The number of pyridine rings is 1. The molecule has 1 aromatic heterocycles. The molecule has 0 aliphatic carbocycles. The van der Waals surface area contributed by atoms with E-state index in [0.717, 1.165) is 34.4 Å². The second kappa shape index (κ2) is 14.0. The molecule has 0 unspecified atom stereocenters. The second-order valence-electron chi connectivity index (χ2n) is 11.3. The van der Waals surface area contributed by atoms with Crippen LogP contribution in [-0.4, -0.2) is 39.2 Å². The molecule has 1 aliphatic rings. The van der Waals surface area contributed by atoms with Gasteiger partial charge in [0, 0.05) is 43.9 Å². The maximum atomic E-state index is 14.5. The van der Waals surface area contributed by atoms with Crippen molar-refractivity contribution >= 4 is 17.9 Å². The van der Waals surface area contributed by atoms with Gasteiger partial charge in [-0.15, -0.1) is 0 Å². The topological polar surface area (TPSA) is 53.5 Å². The molecular weight excluding hydrogens is 561 g/mol. The highest BCUT2D eigenvalue weighted by molar-refractivity contribution is 5.96. The molecule has 224 valence electrons. The van der Waals surface area contributed by atoms with Gasteiger partial charge >= 0.3 is 0 Å². The van der Waals surface area contributed by atoms with Crippen molar-refractivity contribution in [2.75, 3.05) is 6.54 Å². The number of nitrogens with zero attached hydrogens (tertiary/aromatic N) is 3. The van der Waals surface area contributed by atoms with Gasteiger partial charge in [0.1, 0.15) is 11.9 Å². The van der Waals surface area contributed by atoms with E-state index in [2.05, 4.69) is 17.1 Å². The fourth-order valence-corrected chi connectivity index (χ4v) is 5.79. The highest BCUT2D eigenvalue weighted by Gasteiger charge is 2.34. The van der Waals surface area contributed by atoms with E-state index < -0.39 is 6.04 Å². The highest BCUT2D eigenvalue weighted by Crippen LogP contribution is 2.24. The first-order valence-corrected chi connectivity index (χ1v) is 15.2. The van der Waals surface area contributed by atoms with Gasteiger partial charge in [-0.2, -0.15) is 0 Å². The average molecular weight is 596 g/mol. The van der Waals surface area contributed by atoms with Crippen molar-refractivity contribution in [1.82, 2.24) is 14.8 Å². The summed E-state index contributed by atoms with van der Waals surface area (Å²) in [4.78, 5) is 36.5. The Hall–Kier alpha value is -5.36. The van der Waals surface area contributed by atoms with Crippen LogP contribution >= 0.6 is 0 Å². The van der Waals surface area contributed by atoms with E-state index >= 15 is 0 Å². The summed E-state index contributed by atoms with van der Waals surface area (Å²) in [5, 5.41) is 0. The van der Waals surface area contributed by atoms with Crippen molar-refractivity contribution < 1.29 is 14.0 Å². The van der Waals surface area contributed by atoms with Gasteiger partial charge in [0.15, 0.2) is 0 Å². The Morgan fingerprint density at radius 1 is 0.822 bits per heavy atom. The number of benzene rings is 4. The van der Waals surface area contributed by atoms with Crippen LogP contribution in [0, 0.1) is 5.82 Å². The molecule has 2 amide bonds. The van der Waals surface area contributed by atoms with Crippen LogP contribution in [-0.2, 0) is 35.5 Å². The number of aromatic nitrogens is 1. The fourth-order valence-electron chi connectivity index (χ4n) is 5.79. The van der Waals surface area contributed by atoms with E-state index in [1.54, 1.807) is 29.3 Å². The molecule has 0 N–H and O–H groups in total. The summed E-state index contributed by atoms with van der Waals surface area (Å²) in [7, 11) is 0. The lowest BCUT2D eigenvalue weighted by Gasteiger charge is -2.37. The Kier molecular flexibility index (Phi) is 9.21. The normalized spacial score (nSPS) is 13.3. The molecule has 6 heteroatoms. The predicted molar refractivity (Wildman–Crippen MR) is 175 cm³/mol. The van der Waals surface area contributed by atoms with Gasteiger partial charge < -0.3 is 9.80 Å². The van der Waals surface area contributed by atoms with Crippen molar-refractivity contribution in [3.63, 3.8) is 0 Å². The summed E-state index contributed by atoms with van der Waals surface area (Å²) in [5.41, 5.74) is 6.62. The number of halogens is 1. The van der Waals surface area contributed by atoms with Crippen molar-refractivity contribution in [3.05, 3.63) is 167 Å². The van der Waals surface area contributed by atoms with Gasteiger partial charge in [-0.25, -0.2) is 4.39 Å². The third kappa shape index (κ3) is 7.42. The zero-order valence-electron chi connectivity index (χ0n) is 24.9. The molecule has 45 heavy (non-hydrogen) atoms. The highest BCUT2D eigenvalue weighted by atomic mass is 19.1. The largest absolute Gasteiger partial charge is 0.336 e. The Morgan fingerprint density at radius 2 is 1.58 bits per heavy atom. The molecule has 4 aromatic carbocycles. The first kappa shape index (κ1) is 29.7. The van der Waals surface area contributed by atoms with Crippen LogP contribution in [0.4, 0.5) is 4.39 Å². The van der Waals surface area contributed by atoms with Gasteiger partial charge in [-0.3, -0.25) is 14.6 Å². The second-order valence-corrected chi connectivity index (χ2v) is 11.3. The molecule has 5 aromatic rings. The predicted octanol–water partition coefficient (Wildman–Crippen LogP) is 7.13. The summed E-state index contributed by atoms with van der Waals surface area (Å²) in [6.45, 7) is 1.31. The molecule has 0 saturated heterocycles. The molecule has 0 bridgehead atoms. The summed E-state index contributed by atoms with van der Waals surface area (Å²) < 4.78 is 13.9. The first-order chi connectivity index (χ1) is 22.0. The minimum Gasteiger partial charge on any atom is -0.336 e. The summed E-state index contributed by atoms with van der Waals surface area (Å²) in [5.74, 6) is -0.789. The van der Waals surface area contributed by atoms with Gasteiger partial charge in [-0.1, -0.05) is 97.1 Å². The van der Waals surface area contributed by atoms with Gasteiger partial charge in [0.2, 0.25) is 11.8 Å². The average Bonchev–Trinajstić information content (AvgIpc) is 3.09. The molecule has 2 heterocycles. The Labute approximate surface area is 263 Å². The van der Waals surface area contributed by atoms with Gasteiger partial charge in [0.05, 0.1) is 5.69 Å². The molecule has 0 spiro atoms. The van der Waals surface area contributed by atoms with Gasteiger partial charge in [-0.05, 0) is 64.6 Å². The summed E-state index contributed by atoms with van der Waals surface area (Å²) in [6, 6.07) is 37.0. The minimum absolute atomic E-state index is 0.0917. The van der Waals surface area contributed by atoms with E-state index in [1.165, 1.54) is 23.8 Å². The number of carbonyl (C=O) groups excluding carboxylic acids is 2.